The Morgan fingerprint density at radius 1 is 0.967 bits per heavy atom. The number of anilines is 2. The number of aromatic nitrogens is 2. The minimum Gasteiger partial charge on any atom is -0.382 e. The molecule has 5 heteroatoms. The van der Waals surface area contributed by atoms with E-state index in [0.717, 1.165) is 44.1 Å². The number of fused-ring (bicyclic) bond motifs is 2. The largest absolute Gasteiger partial charge is 0.382 e. The molecule has 1 heterocycles. The summed E-state index contributed by atoms with van der Waals surface area (Å²) in [6.07, 6.45) is 0. The van der Waals surface area contributed by atoms with E-state index >= 15 is 0 Å². The number of nitrogen functional groups attached to an aromatic ring is 1. The SMILES string of the molecule is Cc1cccc(NC(=O)c2cccc3cc(-c4cccc5[nH]nc(N)c45)ccc23)c1. The first-order chi connectivity index (χ1) is 14.6. The quantitative estimate of drug-likeness (QED) is 0.378. The Morgan fingerprint density at radius 3 is 2.67 bits per heavy atom. The second-order valence-corrected chi connectivity index (χ2v) is 7.40. The van der Waals surface area contributed by atoms with Crippen LogP contribution in [0.1, 0.15) is 15.9 Å². The molecule has 1 aromatic heterocycles. The molecule has 0 radical (unpaired) electrons. The number of aryl methyl sites for hydroxylation is 1. The van der Waals surface area contributed by atoms with Crippen LogP contribution in [0, 0.1) is 6.92 Å². The Hall–Kier alpha value is -4.12. The van der Waals surface area contributed by atoms with E-state index in [0.29, 0.717) is 11.4 Å². The average molecular weight is 392 g/mol. The van der Waals surface area contributed by atoms with Gasteiger partial charge in [0.15, 0.2) is 5.82 Å². The number of hydrogen-bond donors (Lipinski definition) is 3. The fraction of sp³-hybridized carbons (Fsp3) is 0.0400. The zero-order valence-corrected chi connectivity index (χ0v) is 16.4. The molecule has 0 aliphatic heterocycles. The van der Waals surface area contributed by atoms with Gasteiger partial charge in [-0.1, -0.05) is 48.5 Å². The Morgan fingerprint density at radius 2 is 1.80 bits per heavy atom. The maximum absolute atomic E-state index is 12.9. The number of nitrogens with one attached hydrogen (secondary N) is 2. The van der Waals surface area contributed by atoms with Crippen molar-refractivity contribution in [2.75, 3.05) is 11.1 Å². The van der Waals surface area contributed by atoms with E-state index in [1.807, 2.05) is 79.7 Å². The van der Waals surface area contributed by atoms with Crippen molar-refractivity contribution >= 4 is 39.1 Å². The van der Waals surface area contributed by atoms with Gasteiger partial charge in [0, 0.05) is 11.3 Å². The Balaban J connectivity index is 1.57. The molecule has 0 aliphatic carbocycles. The van der Waals surface area contributed by atoms with E-state index in [4.69, 9.17) is 5.73 Å². The molecule has 0 unspecified atom stereocenters. The fourth-order valence-corrected chi connectivity index (χ4v) is 3.91. The van der Waals surface area contributed by atoms with Crippen molar-refractivity contribution in [1.29, 1.82) is 0 Å². The fourth-order valence-electron chi connectivity index (χ4n) is 3.91. The molecule has 30 heavy (non-hydrogen) atoms. The monoisotopic (exact) mass is 392 g/mol. The first-order valence-electron chi connectivity index (χ1n) is 9.74. The molecule has 5 rings (SSSR count). The van der Waals surface area contributed by atoms with Gasteiger partial charge in [-0.3, -0.25) is 9.89 Å². The predicted octanol–water partition coefficient (Wildman–Crippen LogP) is 5.53. The van der Waals surface area contributed by atoms with Crippen LogP contribution in [-0.2, 0) is 0 Å². The van der Waals surface area contributed by atoms with Crippen LogP contribution in [0.5, 0.6) is 0 Å². The van der Waals surface area contributed by atoms with Crippen molar-refractivity contribution < 1.29 is 4.79 Å². The van der Waals surface area contributed by atoms with Gasteiger partial charge in [0.25, 0.3) is 5.91 Å². The average Bonchev–Trinajstić information content (AvgIpc) is 3.14. The molecule has 0 fully saturated rings. The van der Waals surface area contributed by atoms with Gasteiger partial charge < -0.3 is 11.1 Å². The van der Waals surface area contributed by atoms with E-state index < -0.39 is 0 Å². The molecule has 5 aromatic rings. The Labute approximate surface area is 173 Å². The summed E-state index contributed by atoms with van der Waals surface area (Å²) >= 11 is 0. The van der Waals surface area contributed by atoms with E-state index in [-0.39, 0.29) is 5.91 Å². The maximum atomic E-state index is 12.9. The van der Waals surface area contributed by atoms with Crippen LogP contribution in [0.2, 0.25) is 0 Å². The number of H-pyrrole nitrogens is 1. The molecular weight excluding hydrogens is 372 g/mol. The standard InChI is InChI=1S/C25H20N4O/c1-15-5-2-7-18(13-15)27-25(30)21-9-3-6-16-14-17(11-12-19(16)21)20-8-4-10-22-23(20)24(26)29-28-22/h2-14H,1H3,(H,27,30)(H3,26,28,29). The third-order valence-corrected chi connectivity index (χ3v) is 5.33. The number of carbonyl (C=O) groups excluding carboxylic acids is 1. The van der Waals surface area contributed by atoms with Gasteiger partial charge in [0.05, 0.1) is 10.9 Å². The summed E-state index contributed by atoms with van der Waals surface area (Å²) in [6.45, 7) is 2.00. The van der Waals surface area contributed by atoms with Crippen molar-refractivity contribution in [2.24, 2.45) is 0 Å². The lowest BCUT2D eigenvalue weighted by Crippen LogP contribution is -2.12. The topological polar surface area (TPSA) is 83.8 Å². The van der Waals surface area contributed by atoms with Gasteiger partial charge in [-0.2, -0.15) is 5.10 Å². The summed E-state index contributed by atoms with van der Waals surface area (Å²) in [5.41, 5.74) is 11.5. The molecule has 0 saturated heterocycles. The van der Waals surface area contributed by atoms with Crippen LogP contribution in [0.25, 0.3) is 32.8 Å². The van der Waals surface area contributed by atoms with Crippen LogP contribution in [-0.4, -0.2) is 16.1 Å². The number of nitrogens with two attached hydrogens (primary N) is 1. The smallest absolute Gasteiger partial charge is 0.256 e. The first kappa shape index (κ1) is 17.9. The highest BCUT2D eigenvalue weighted by atomic mass is 16.1. The summed E-state index contributed by atoms with van der Waals surface area (Å²) in [4.78, 5) is 12.9. The van der Waals surface area contributed by atoms with Crippen molar-refractivity contribution in [1.82, 2.24) is 10.2 Å². The van der Waals surface area contributed by atoms with Crippen LogP contribution >= 0.6 is 0 Å². The highest BCUT2D eigenvalue weighted by molar-refractivity contribution is 6.13. The van der Waals surface area contributed by atoms with E-state index in [1.165, 1.54) is 0 Å². The number of hydrogen-bond acceptors (Lipinski definition) is 3. The summed E-state index contributed by atoms with van der Waals surface area (Å²) < 4.78 is 0. The van der Waals surface area contributed by atoms with Gasteiger partial charge in [-0.15, -0.1) is 0 Å². The summed E-state index contributed by atoms with van der Waals surface area (Å²) in [6, 6.07) is 25.6. The number of benzene rings is 4. The normalized spacial score (nSPS) is 11.1. The number of aromatic amines is 1. The first-order valence-corrected chi connectivity index (χ1v) is 9.74. The number of carbonyl (C=O) groups is 1. The zero-order valence-electron chi connectivity index (χ0n) is 16.4. The molecule has 0 bridgehead atoms. The van der Waals surface area contributed by atoms with Crippen LogP contribution in [0.3, 0.4) is 0 Å². The molecule has 0 spiro atoms. The molecule has 146 valence electrons. The predicted molar refractivity (Wildman–Crippen MR) is 123 cm³/mol. The van der Waals surface area contributed by atoms with E-state index in [9.17, 15) is 4.79 Å². The van der Waals surface area contributed by atoms with Crippen molar-refractivity contribution in [3.63, 3.8) is 0 Å². The molecule has 5 nitrogen and oxygen atoms in total. The molecule has 4 aromatic carbocycles. The van der Waals surface area contributed by atoms with E-state index in [1.54, 1.807) is 0 Å². The lowest BCUT2D eigenvalue weighted by molar-refractivity contribution is 0.102. The molecule has 0 aliphatic rings. The van der Waals surface area contributed by atoms with Gasteiger partial charge in [0.1, 0.15) is 0 Å². The van der Waals surface area contributed by atoms with Gasteiger partial charge >= 0.3 is 0 Å². The lowest BCUT2D eigenvalue weighted by atomic mass is 9.96. The number of amides is 1. The third kappa shape index (κ3) is 3.06. The summed E-state index contributed by atoms with van der Waals surface area (Å²) in [5, 5.41) is 12.9. The summed E-state index contributed by atoms with van der Waals surface area (Å²) in [5.74, 6) is 0.354. The summed E-state index contributed by atoms with van der Waals surface area (Å²) in [7, 11) is 0. The second kappa shape index (κ2) is 7.04. The van der Waals surface area contributed by atoms with Crippen molar-refractivity contribution in [3.05, 3.63) is 90.0 Å². The van der Waals surface area contributed by atoms with Crippen molar-refractivity contribution in [2.45, 2.75) is 6.92 Å². The minimum atomic E-state index is -0.125. The zero-order chi connectivity index (χ0) is 20.7. The lowest BCUT2D eigenvalue weighted by Gasteiger charge is -2.11. The van der Waals surface area contributed by atoms with Crippen LogP contribution < -0.4 is 11.1 Å². The van der Waals surface area contributed by atoms with Gasteiger partial charge in [-0.25, -0.2) is 0 Å². The number of rotatable bonds is 3. The van der Waals surface area contributed by atoms with Crippen LogP contribution in [0.4, 0.5) is 11.5 Å². The maximum Gasteiger partial charge on any atom is 0.256 e. The van der Waals surface area contributed by atoms with E-state index in [2.05, 4.69) is 21.6 Å². The molecule has 0 atom stereocenters. The molecular formula is C25H20N4O. The number of nitrogens with zero attached hydrogens (tertiary/aromatic N) is 1. The minimum absolute atomic E-state index is 0.125. The Kier molecular flexibility index (Phi) is 4.21. The molecule has 0 saturated carbocycles. The second-order valence-electron chi connectivity index (χ2n) is 7.40. The van der Waals surface area contributed by atoms with Crippen LogP contribution in [0.15, 0.2) is 78.9 Å². The van der Waals surface area contributed by atoms with Gasteiger partial charge in [0.2, 0.25) is 0 Å². The highest BCUT2D eigenvalue weighted by Crippen LogP contribution is 2.33. The third-order valence-electron chi connectivity index (χ3n) is 5.33. The Bertz CT molecular complexity index is 1420. The molecule has 1 amide bonds. The molecule has 4 N–H and O–H groups in total. The van der Waals surface area contributed by atoms with Gasteiger partial charge in [-0.05, 0) is 64.7 Å². The highest BCUT2D eigenvalue weighted by Gasteiger charge is 2.13. The van der Waals surface area contributed by atoms with Crippen molar-refractivity contribution in [3.8, 4) is 11.1 Å².